The van der Waals surface area contributed by atoms with Crippen LogP contribution in [0.4, 0.5) is 23.2 Å². The number of nitrogens with one attached hydrogen (secondary N) is 1. The van der Waals surface area contributed by atoms with Crippen molar-refractivity contribution in [2.24, 2.45) is 5.92 Å². The summed E-state index contributed by atoms with van der Waals surface area (Å²) >= 11 is 0. The van der Waals surface area contributed by atoms with Crippen molar-refractivity contribution in [2.75, 3.05) is 24.5 Å². The van der Waals surface area contributed by atoms with E-state index in [-0.39, 0.29) is 24.2 Å². The molecule has 0 aliphatic carbocycles. The lowest BCUT2D eigenvalue weighted by molar-refractivity contribution is -0.137. The molecule has 1 fully saturated rings. The van der Waals surface area contributed by atoms with E-state index in [1.54, 1.807) is 18.2 Å². The summed E-state index contributed by atoms with van der Waals surface area (Å²) in [5.74, 6) is -0.956. The molecule has 5 rings (SSSR count). The zero-order chi connectivity index (χ0) is 25.3. The molecule has 36 heavy (non-hydrogen) atoms. The van der Waals surface area contributed by atoms with Crippen molar-refractivity contribution in [3.05, 3.63) is 101 Å². The fourth-order valence-electron chi connectivity index (χ4n) is 5.27. The molecule has 2 heterocycles. The Labute approximate surface area is 207 Å². The molecule has 2 aliphatic heterocycles. The van der Waals surface area contributed by atoms with E-state index in [0.717, 1.165) is 22.9 Å². The number of carbonyl (C=O) groups excluding carboxylic acids is 1. The molecule has 188 valence electrons. The number of nitrogens with zero attached hydrogens (tertiary/aromatic N) is 2. The van der Waals surface area contributed by atoms with Crippen molar-refractivity contribution in [1.29, 1.82) is 0 Å². The molecule has 0 bridgehead atoms. The van der Waals surface area contributed by atoms with E-state index >= 15 is 0 Å². The Morgan fingerprint density at radius 1 is 0.944 bits per heavy atom. The van der Waals surface area contributed by atoms with Crippen LogP contribution in [0.15, 0.2) is 72.8 Å². The summed E-state index contributed by atoms with van der Waals surface area (Å²) in [6.45, 7) is 2.83. The number of halogens is 4. The van der Waals surface area contributed by atoms with Crippen LogP contribution in [0, 0.1) is 11.7 Å². The number of anilines is 1. The molecule has 1 amide bonds. The Morgan fingerprint density at radius 2 is 1.69 bits per heavy atom. The van der Waals surface area contributed by atoms with Crippen molar-refractivity contribution in [3.63, 3.8) is 0 Å². The largest absolute Gasteiger partial charge is 0.416 e. The van der Waals surface area contributed by atoms with E-state index in [1.807, 2.05) is 30.3 Å². The van der Waals surface area contributed by atoms with Crippen LogP contribution in [0.25, 0.3) is 0 Å². The molecule has 4 nitrogen and oxygen atoms in total. The first-order chi connectivity index (χ1) is 17.3. The zero-order valence-corrected chi connectivity index (χ0v) is 19.6. The second kappa shape index (κ2) is 9.93. The Kier molecular flexibility index (Phi) is 6.71. The molecule has 0 saturated carbocycles. The third kappa shape index (κ3) is 5.23. The summed E-state index contributed by atoms with van der Waals surface area (Å²) in [6.07, 6.45) is -4.20. The molecular weight excluding hydrogens is 470 g/mol. The van der Waals surface area contributed by atoms with Crippen molar-refractivity contribution in [3.8, 4) is 0 Å². The lowest BCUT2D eigenvalue weighted by atomic mass is 9.82. The highest BCUT2D eigenvalue weighted by Crippen LogP contribution is 2.40. The topological polar surface area (TPSA) is 35.6 Å². The van der Waals surface area contributed by atoms with Gasteiger partial charge in [-0.25, -0.2) is 4.39 Å². The van der Waals surface area contributed by atoms with Gasteiger partial charge >= 0.3 is 6.18 Å². The van der Waals surface area contributed by atoms with Crippen LogP contribution in [0.1, 0.15) is 22.3 Å². The van der Waals surface area contributed by atoms with E-state index in [1.165, 1.54) is 18.2 Å². The highest BCUT2D eigenvalue weighted by molar-refractivity contribution is 5.82. The van der Waals surface area contributed by atoms with Gasteiger partial charge in [0.25, 0.3) is 0 Å². The van der Waals surface area contributed by atoms with Gasteiger partial charge in [-0.2, -0.15) is 13.2 Å². The molecule has 8 heteroatoms. The predicted molar refractivity (Wildman–Crippen MR) is 130 cm³/mol. The molecule has 3 aromatic rings. The Bertz CT molecular complexity index is 1210. The van der Waals surface area contributed by atoms with Crippen molar-refractivity contribution in [1.82, 2.24) is 10.2 Å². The number of rotatable bonds is 5. The van der Waals surface area contributed by atoms with Gasteiger partial charge in [0, 0.05) is 38.4 Å². The number of fused-ring (bicyclic) bond motifs is 3. The fraction of sp³-hybridized carbons (Fsp3) is 0.321. The summed E-state index contributed by atoms with van der Waals surface area (Å²) in [6, 6.07) is 19.6. The first kappa shape index (κ1) is 24.3. The van der Waals surface area contributed by atoms with Crippen LogP contribution in [-0.2, 0) is 30.5 Å². The van der Waals surface area contributed by atoms with Crippen LogP contribution in [0.2, 0.25) is 0 Å². The van der Waals surface area contributed by atoms with Crippen LogP contribution in [-0.4, -0.2) is 36.5 Å². The summed E-state index contributed by atoms with van der Waals surface area (Å²) in [7, 11) is 0. The van der Waals surface area contributed by atoms with Crippen LogP contribution in [0.5, 0.6) is 0 Å². The van der Waals surface area contributed by atoms with Gasteiger partial charge in [0.1, 0.15) is 5.82 Å². The molecule has 1 saturated heterocycles. The standard InChI is InChI=1S/C28H27F4N3O/c29-23-9-6-20(7-10-23)17-34-12-13-35-25-11-8-22(28(30,31)32)14-21(25)15-24(26(35)18-34)27(36)33-16-19-4-2-1-3-5-19/h1-11,14,24,26H,12-13,15-18H2,(H,33,36)/t24-,26-/m1/s1. The number of benzene rings is 3. The number of amides is 1. The molecule has 2 aliphatic rings. The minimum Gasteiger partial charge on any atom is -0.365 e. The molecule has 0 unspecified atom stereocenters. The third-order valence-corrected chi connectivity index (χ3v) is 7.09. The number of hydrogen-bond donors (Lipinski definition) is 1. The predicted octanol–water partition coefficient (Wildman–Crippen LogP) is 5.02. The molecule has 0 aromatic heterocycles. The first-order valence-corrected chi connectivity index (χ1v) is 12.0. The summed E-state index contributed by atoms with van der Waals surface area (Å²) in [5, 5.41) is 3.00. The van der Waals surface area contributed by atoms with Gasteiger partial charge in [0.2, 0.25) is 5.91 Å². The molecule has 0 spiro atoms. The minimum absolute atomic E-state index is 0.166. The minimum atomic E-state index is -4.44. The van der Waals surface area contributed by atoms with Gasteiger partial charge in [0.05, 0.1) is 17.5 Å². The van der Waals surface area contributed by atoms with Crippen LogP contribution in [0.3, 0.4) is 0 Å². The maximum absolute atomic E-state index is 13.4. The summed E-state index contributed by atoms with van der Waals surface area (Å²) < 4.78 is 53.6. The second-order valence-corrected chi connectivity index (χ2v) is 9.48. The summed E-state index contributed by atoms with van der Waals surface area (Å²) in [4.78, 5) is 17.7. The van der Waals surface area contributed by atoms with Gasteiger partial charge in [-0.3, -0.25) is 9.69 Å². The smallest absolute Gasteiger partial charge is 0.365 e. The molecule has 3 aromatic carbocycles. The molecule has 0 radical (unpaired) electrons. The van der Waals surface area contributed by atoms with Crippen molar-refractivity contribution in [2.45, 2.75) is 31.7 Å². The van der Waals surface area contributed by atoms with E-state index in [9.17, 15) is 22.4 Å². The number of piperazine rings is 1. The van der Waals surface area contributed by atoms with E-state index in [2.05, 4.69) is 15.1 Å². The van der Waals surface area contributed by atoms with Crippen molar-refractivity contribution < 1.29 is 22.4 Å². The second-order valence-electron chi connectivity index (χ2n) is 9.48. The normalized spacial score (nSPS) is 19.9. The van der Waals surface area contributed by atoms with Gasteiger partial charge in [0.15, 0.2) is 0 Å². The quantitative estimate of drug-likeness (QED) is 0.503. The van der Waals surface area contributed by atoms with Gasteiger partial charge in [-0.05, 0) is 53.4 Å². The van der Waals surface area contributed by atoms with E-state index < -0.39 is 17.7 Å². The molecule has 2 atom stereocenters. The van der Waals surface area contributed by atoms with E-state index in [4.69, 9.17) is 0 Å². The number of hydrogen-bond acceptors (Lipinski definition) is 3. The summed E-state index contributed by atoms with van der Waals surface area (Å²) in [5.41, 5.74) is 2.55. The van der Waals surface area contributed by atoms with E-state index in [0.29, 0.717) is 38.3 Å². The SMILES string of the molecule is O=C(NCc1ccccc1)[C@@H]1Cc2cc(C(F)(F)F)ccc2N2CCN(Cc3ccc(F)cc3)C[C@H]12. The third-order valence-electron chi connectivity index (χ3n) is 7.09. The van der Waals surface area contributed by atoms with Gasteiger partial charge in [-0.15, -0.1) is 0 Å². The van der Waals surface area contributed by atoms with Crippen LogP contribution < -0.4 is 10.2 Å². The molecule has 1 N–H and O–H groups in total. The average Bonchev–Trinajstić information content (AvgIpc) is 2.88. The average molecular weight is 498 g/mol. The first-order valence-electron chi connectivity index (χ1n) is 12.0. The monoisotopic (exact) mass is 497 g/mol. The lowest BCUT2D eigenvalue weighted by Crippen LogP contribution is -2.60. The number of alkyl halides is 3. The van der Waals surface area contributed by atoms with Crippen LogP contribution >= 0.6 is 0 Å². The fourth-order valence-corrected chi connectivity index (χ4v) is 5.27. The molecular formula is C28H27F4N3O. The number of carbonyl (C=O) groups is 1. The van der Waals surface area contributed by atoms with Gasteiger partial charge < -0.3 is 10.2 Å². The lowest BCUT2D eigenvalue weighted by Gasteiger charge is -2.49. The maximum atomic E-state index is 13.4. The van der Waals surface area contributed by atoms with Crippen molar-refractivity contribution >= 4 is 11.6 Å². The maximum Gasteiger partial charge on any atom is 0.416 e. The highest BCUT2D eigenvalue weighted by atomic mass is 19.4. The zero-order valence-electron chi connectivity index (χ0n) is 19.6. The Morgan fingerprint density at radius 3 is 2.42 bits per heavy atom. The Balaban J connectivity index is 1.40. The highest BCUT2D eigenvalue weighted by Gasteiger charge is 2.42. The van der Waals surface area contributed by atoms with Gasteiger partial charge in [-0.1, -0.05) is 42.5 Å². The Hall–Kier alpha value is -3.39.